The van der Waals surface area contributed by atoms with Gasteiger partial charge < -0.3 is 10.6 Å². The number of benzene rings is 2. The molecule has 1 atom stereocenters. The van der Waals surface area contributed by atoms with Crippen molar-refractivity contribution in [1.82, 2.24) is 5.32 Å². The van der Waals surface area contributed by atoms with Crippen molar-refractivity contribution in [2.75, 3.05) is 5.32 Å². The third kappa shape index (κ3) is 5.92. The van der Waals surface area contributed by atoms with Crippen LogP contribution in [-0.4, -0.2) is 11.8 Å². The van der Waals surface area contributed by atoms with Crippen LogP contribution >= 0.6 is 0 Å². The molecule has 0 saturated heterocycles. The average Bonchev–Trinajstić information content (AvgIpc) is 2.59. The first-order chi connectivity index (χ1) is 12.0. The molecule has 2 amide bonds. The maximum atomic E-state index is 12.2. The maximum absolute atomic E-state index is 12.2. The predicted molar refractivity (Wildman–Crippen MR) is 102 cm³/mol. The van der Waals surface area contributed by atoms with Crippen molar-refractivity contribution in [2.24, 2.45) is 0 Å². The van der Waals surface area contributed by atoms with Gasteiger partial charge in [0.15, 0.2) is 0 Å². The van der Waals surface area contributed by atoms with Crippen LogP contribution < -0.4 is 10.6 Å². The van der Waals surface area contributed by atoms with E-state index in [0.29, 0.717) is 0 Å². The number of aryl methyl sites for hydroxylation is 1. The normalized spacial score (nSPS) is 12.0. The molecule has 2 aromatic carbocycles. The molecule has 130 valence electrons. The fraction of sp³-hybridized carbons (Fsp3) is 0.238. The first kappa shape index (κ1) is 18.5. The molecule has 0 radical (unpaired) electrons. The Bertz CT molecular complexity index is 746. The second kappa shape index (κ2) is 8.83. The number of hydrogen-bond donors (Lipinski definition) is 2. The first-order valence-corrected chi connectivity index (χ1v) is 8.40. The lowest BCUT2D eigenvalue weighted by atomic mass is 10.0. The summed E-state index contributed by atoms with van der Waals surface area (Å²) in [7, 11) is 0. The summed E-state index contributed by atoms with van der Waals surface area (Å²) in [6.07, 6.45) is 4.12. The fourth-order valence-electron chi connectivity index (χ4n) is 2.49. The van der Waals surface area contributed by atoms with E-state index >= 15 is 0 Å². The molecule has 0 bridgehead atoms. The molecule has 0 heterocycles. The first-order valence-electron chi connectivity index (χ1n) is 8.40. The summed E-state index contributed by atoms with van der Waals surface area (Å²) in [6.45, 7) is 5.56. The van der Waals surface area contributed by atoms with E-state index in [1.807, 2.05) is 31.2 Å². The number of nitrogens with one attached hydrogen (secondary N) is 2. The van der Waals surface area contributed by atoms with E-state index in [-0.39, 0.29) is 17.9 Å². The van der Waals surface area contributed by atoms with Crippen LogP contribution in [0, 0.1) is 6.92 Å². The lowest BCUT2D eigenvalue weighted by Crippen LogP contribution is -2.26. The van der Waals surface area contributed by atoms with Crippen LogP contribution in [-0.2, 0) is 9.59 Å². The third-order valence-corrected chi connectivity index (χ3v) is 3.86. The molecular weight excluding hydrogens is 312 g/mol. The van der Waals surface area contributed by atoms with Gasteiger partial charge in [0.05, 0.1) is 6.04 Å². The molecule has 0 aromatic heterocycles. The lowest BCUT2D eigenvalue weighted by Gasteiger charge is -2.16. The summed E-state index contributed by atoms with van der Waals surface area (Å²) in [4.78, 5) is 23.2. The van der Waals surface area contributed by atoms with Gasteiger partial charge in [-0.1, -0.05) is 48.9 Å². The Balaban J connectivity index is 1.97. The maximum Gasteiger partial charge on any atom is 0.244 e. The molecule has 0 aliphatic rings. The Morgan fingerprint density at radius 2 is 1.68 bits per heavy atom. The summed E-state index contributed by atoms with van der Waals surface area (Å²) in [6, 6.07) is 15.5. The molecule has 2 aromatic rings. The lowest BCUT2D eigenvalue weighted by molar-refractivity contribution is -0.117. The molecule has 2 N–H and O–H groups in total. The minimum absolute atomic E-state index is 0.0000995. The summed E-state index contributed by atoms with van der Waals surface area (Å²) in [5.41, 5.74) is 3.94. The van der Waals surface area contributed by atoms with Crippen LogP contribution in [0.2, 0.25) is 0 Å². The van der Waals surface area contributed by atoms with Crippen molar-refractivity contribution in [1.29, 1.82) is 0 Å². The highest BCUT2D eigenvalue weighted by Gasteiger charge is 2.10. The molecule has 1 unspecified atom stereocenters. The van der Waals surface area contributed by atoms with Crippen molar-refractivity contribution in [3.63, 3.8) is 0 Å². The van der Waals surface area contributed by atoms with Crippen LogP contribution in [0.25, 0.3) is 6.08 Å². The summed E-state index contributed by atoms with van der Waals surface area (Å²) in [5.74, 6) is -0.234. The van der Waals surface area contributed by atoms with Crippen LogP contribution in [0.4, 0.5) is 5.69 Å². The van der Waals surface area contributed by atoms with Crippen LogP contribution in [0.15, 0.2) is 54.6 Å². The van der Waals surface area contributed by atoms with Gasteiger partial charge in [0.2, 0.25) is 11.8 Å². The second-order valence-corrected chi connectivity index (χ2v) is 6.02. The van der Waals surface area contributed by atoms with E-state index in [1.54, 1.807) is 18.2 Å². The average molecular weight is 336 g/mol. The fourth-order valence-corrected chi connectivity index (χ4v) is 2.49. The Morgan fingerprint density at radius 3 is 2.24 bits per heavy atom. The molecule has 4 heteroatoms. The summed E-state index contributed by atoms with van der Waals surface area (Å²) < 4.78 is 0. The molecule has 0 spiro atoms. The minimum Gasteiger partial charge on any atom is -0.346 e. The quantitative estimate of drug-likeness (QED) is 0.775. The Labute approximate surface area is 149 Å². The Morgan fingerprint density at radius 1 is 1.04 bits per heavy atom. The number of rotatable bonds is 6. The number of anilines is 1. The highest BCUT2D eigenvalue weighted by atomic mass is 16.2. The van der Waals surface area contributed by atoms with Gasteiger partial charge in [-0.25, -0.2) is 0 Å². The predicted octanol–water partition coefficient (Wildman–Crippen LogP) is 4.23. The van der Waals surface area contributed by atoms with E-state index in [0.717, 1.165) is 23.2 Å². The number of hydrogen-bond acceptors (Lipinski definition) is 2. The molecule has 25 heavy (non-hydrogen) atoms. The zero-order valence-electron chi connectivity index (χ0n) is 14.9. The van der Waals surface area contributed by atoms with Crippen LogP contribution in [0.5, 0.6) is 0 Å². The van der Waals surface area contributed by atoms with Gasteiger partial charge in [0.25, 0.3) is 0 Å². The molecule has 2 rings (SSSR count). The molecule has 0 fully saturated rings. The smallest absolute Gasteiger partial charge is 0.244 e. The van der Waals surface area contributed by atoms with E-state index in [9.17, 15) is 9.59 Å². The summed E-state index contributed by atoms with van der Waals surface area (Å²) >= 11 is 0. The zero-order chi connectivity index (χ0) is 18.2. The van der Waals surface area contributed by atoms with Crippen molar-refractivity contribution < 1.29 is 9.59 Å². The zero-order valence-corrected chi connectivity index (χ0v) is 14.9. The van der Waals surface area contributed by atoms with Crippen LogP contribution in [0.3, 0.4) is 0 Å². The SMILES string of the molecule is CCC(NC(=O)/C=C/c1ccc(NC(C)=O)cc1)c1ccc(C)cc1. The topological polar surface area (TPSA) is 58.2 Å². The number of carbonyl (C=O) groups is 2. The van der Waals surface area contributed by atoms with Gasteiger partial charge in [-0.15, -0.1) is 0 Å². The minimum atomic E-state index is -0.127. The standard InChI is InChI=1S/C21H24N2O2/c1-4-20(18-10-5-15(2)6-11-18)23-21(25)14-9-17-7-12-19(13-8-17)22-16(3)24/h5-14,20H,4H2,1-3H3,(H,22,24)(H,23,25)/b14-9+. The monoisotopic (exact) mass is 336 g/mol. The van der Waals surface area contributed by atoms with Crippen molar-refractivity contribution in [2.45, 2.75) is 33.2 Å². The highest BCUT2D eigenvalue weighted by molar-refractivity contribution is 5.92. The Hall–Kier alpha value is -2.88. The van der Waals surface area contributed by atoms with Gasteiger partial charge in [-0.2, -0.15) is 0 Å². The highest BCUT2D eigenvalue weighted by Crippen LogP contribution is 2.17. The summed E-state index contributed by atoms with van der Waals surface area (Å²) in [5, 5.41) is 5.74. The third-order valence-electron chi connectivity index (χ3n) is 3.86. The van der Waals surface area contributed by atoms with E-state index in [2.05, 4.69) is 29.7 Å². The Kier molecular flexibility index (Phi) is 6.52. The number of carbonyl (C=O) groups excluding carboxylic acids is 2. The van der Waals surface area contributed by atoms with E-state index in [1.165, 1.54) is 18.6 Å². The molecule has 0 aliphatic carbocycles. The number of amides is 2. The van der Waals surface area contributed by atoms with Gasteiger partial charge in [0, 0.05) is 18.7 Å². The molecule has 0 saturated carbocycles. The van der Waals surface area contributed by atoms with Crippen molar-refractivity contribution in [3.05, 3.63) is 71.3 Å². The molecule has 4 nitrogen and oxygen atoms in total. The van der Waals surface area contributed by atoms with Crippen LogP contribution in [0.1, 0.15) is 43.0 Å². The van der Waals surface area contributed by atoms with Gasteiger partial charge in [-0.3, -0.25) is 9.59 Å². The van der Waals surface area contributed by atoms with Gasteiger partial charge in [-0.05, 0) is 42.7 Å². The molecular formula is C21H24N2O2. The van der Waals surface area contributed by atoms with Crippen molar-refractivity contribution in [3.8, 4) is 0 Å². The van der Waals surface area contributed by atoms with E-state index < -0.39 is 0 Å². The van der Waals surface area contributed by atoms with Gasteiger partial charge in [0.1, 0.15) is 0 Å². The second-order valence-electron chi connectivity index (χ2n) is 6.02. The van der Waals surface area contributed by atoms with Gasteiger partial charge >= 0.3 is 0 Å². The molecule has 0 aliphatic heterocycles. The van der Waals surface area contributed by atoms with E-state index in [4.69, 9.17) is 0 Å². The van der Waals surface area contributed by atoms with Crippen molar-refractivity contribution >= 4 is 23.6 Å². The largest absolute Gasteiger partial charge is 0.346 e.